The number of nitrogens with one attached hydrogen (secondary N) is 1. The minimum atomic E-state index is -1.14. The van der Waals surface area contributed by atoms with Crippen LogP contribution < -0.4 is 14.8 Å². The molecule has 38 heavy (non-hydrogen) atoms. The van der Waals surface area contributed by atoms with Crippen LogP contribution >= 0.6 is 0 Å². The Balaban J connectivity index is 2.08. The van der Waals surface area contributed by atoms with Gasteiger partial charge in [-0.15, -0.1) is 0 Å². The van der Waals surface area contributed by atoms with E-state index in [-0.39, 0.29) is 37.7 Å². The molecule has 0 aliphatic carbocycles. The third-order valence-electron chi connectivity index (χ3n) is 4.95. The number of hydrogen-bond acceptors (Lipinski definition) is 10. The van der Waals surface area contributed by atoms with E-state index in [0.29, 0.717) is 24.0 Å². The standard InChI is InChI=1S/C27H33NO10/c1-4-13-34-26(32)37-22-12-11-19(16-23(22)38-27(33)35-14-5-2)15-21(24(29)30)28-17-18(3)36-25(31)20-9-7-6-8-10-20/h6-12,16,18,21,28H,4-5,13-15,17H2,1-3H3,(H,29,30)/t18?,21-/m0/s1. The van der Waals surface area contributed by atoms with E-state index in [1.54, 1.807) is 37.3 Å². The number of hydrogen-bond donors (Lipinski definition) is 2. The fourth-order valence-corrected chi connectivity index (χ4v) is 3.11. The number of carbonyl (C=O) groups excluding carboxylic acids is 3. The smallest absolute Gasteiger partial charge is 0.480 e. The van der Waals surface area contributed by atoms with Crippen molar-refractivity contribution in [1.82, 2.24) is 5.32 Å². The summed E-state index contributed by atoms with van der Waals surface area (Å²) >= 11 is 0. The van der Waals surface area contributed by atoms with Gasteiger partial charge in [0.2, 0.25) is 0 Å². The van der Waals surface area contributed by atoms with Crippen LogP contribution in [0, 0.1) is 0 Å². The predicted molar refractivity (Wildman–Crippen MR) is 135 cm³/mol. The molecule has 0 amide bonds. The summed E-state index contributed by atoms with van der Waals surface area (Å²) in [6, 6.07) is 11.7. The van der Waals surface area contributed by atoms with Gasteiger partial charge in [0.25, 0.3) is 0 Å². The van der Waals surface area contributed by atoms with Crippen molar-refractivity contribution < 1.29 is 48.0 Å². The van der Waals surface area contributed by atoms with Crippen LogP contribution in [0.15, 0.2) is 48.5 Å². The van der Waals surface area contributed by atoms with E-state index in [4.69, 9.17) is 23.7 Å². The summed E-state index contributed by atoms with van der Waals surface area (Å²) in [5, 5.41) is 12.6. The molecular formula is C27H33NO10. The Kier molecular flexibility index (Phi) is 12.6. The summed E-state index contributed by atoms with van der Waals surface area (Å²) < 4.78 is 25.5. The summed E-state index contributed by atoms with van der Waals surface area (Å²) in [5.41, 5.74) is 0.853. The third-order valence-corrected chi connectivity index (χ3v) is 4.95. The van der Waals surface area contributed by atoms with Gasteiger partial charge in [0, 0.05) is 6.54 Å². The molecule has 0 heterocycles. The number of aliphatic carboxylic acids is 1. The number of benzene rings is 2. The topological polar surface area (TPSA) is 147 Å². The van der Waals surface area contributed by atoms with Crippen LogP contribution in [0.3, 0.4) is 0 Å². The number of rotatable bonds is 14. The highest BCUT2D eigenvalue weighted by molar-refractivity contribution is 5.89. The van der Waals surface area contributed by atoms with E-state index < -0.39 is 36.4 Å². The Bertz CT molecular complexity index is 1070. The first-order valence-electron chi connectivity index (χ1n) is 12.3. The maximum Gasteiger partial charge on any atom is 0.513 e. The Labute approximate surface area is 221 Å². The Morgan fingerprint density at radius 3 is 2.05 bits per heavy atom. The molecular weight excluding hydrogens is 498 g/mol. The van der Waals surface area contributed by atoms with Crippen LogP contribution in [0.2, 0.25) is 0 Å². The number of ether oxygens (including phenoxy) is 5. The average Bonchev–Trinajstić information content (AvgIpc) is 2.90. The molecule has 0 fully saturated rings. The molecule has 0 bridgehead atoms. The number of carboxylic acid groups (broad SMARTS) is 1. The molecule has 11 nitrogen and oxygen atoms in total. The fourth-order valence-electron chi connectivity index (χ4n) is 3.11. The zero-order valence-corrected chi connectivity index (χ0v) is 21.6. The largest absolute Gasteiger partial charge is 0.513 e. The lowest BCUT2D eigenvalue weighted by molar-refractivity contribution is -0.139. The van der Waals surface area contributed by atoms with Crippen molar-refractivity contribution >= 4 is 24.2 Å². The van der Waals surface area contributed by atoms with Crippen LogP contribution in [0.5, 0.6) is 11.5 Å². The number of carboxylic acids is 1. The molecule has 0 saturated carbocycles. The van der Waals surface area contributed by atoms with Gasteiger partial charge < -0.3 is 34.1 Å². The van der Waals surface area contributed by atoms with Crippen LogP contribution in [0.4, 0.5) is 9.59 Å². The highest BCUT2D eigenvalue weighted by Gasteiger charge is 2.22. The van der Waals surface area contributed by atoms with Crippen LogP contribution in [0.25, 0.3) is 0 Å². The minimum Gasteiger partial charge on any atom is -0.480 e. The number of carbonyl (C=O) groups is 4. The first kappa shape index (κ1) is 30.1. The first-order valence-corrected chi connectivity index (χ1v) is 12.3. The van der Waals surface area contributed by atoms with Crippen molar-refractivity contribution in [3.05, 3.63) is 59.7 Å². The normalized spacial score (nSPS) is 12.1. The lowest BCUT2D eigenvalue weighted by Crippen LogP contribution is -2.42. The van der Waals surface area contributed by atoms with Crippen LogP contribution in [-0.4, -0.2) is 61.3 Å². The zero-order chi connectivity index (χ0) is 27.9. The highest BCUT2D eigenvalue weighted by atomic mass is 16.7. The molecule has 0 saturated heterocycles. The Morgan fingerprint density at radius 1 is 0.868 bits per heavy atom. The second-order valence-electron chi connectivity index (χ2n) is 8.27. The highest BCUT2D eigenvalue weighted by Crippen LogP contribution is 2.30. The van der Waals surface area contributed by atoms with E-state index in [0.717, 1.165) is 0 Å². The van der Waals surface area contributed by atoms with Gasteiger partial charge in [-0.05, 0) is 56.0 Å². The average molecular weight is 532 g/mol. The van der Waals surface area contributed by atoms with Gasteiger partial charge in [-0.2, -0.15) is 0 Å². The van der Waals surface area contributed by atoms with Crippen molar-refractivity contribution in [1.29, 1.82) is 0 Å². The molecule has 2 aromatic carbocycles. The molecule has 0 aliphatic heterocycles. The molecule has 2 rings (SSSR count). The molecule has 206 valence electrons. The van der Waals surface area contributed by atoms with Crippen molar-refractivity contribution in [2.24, 2.45) is 0 Å². The monoisotopic (exact) mass is 531 g/mol. The van der Waals surface area contributed by atoms with Gasteiger partial charge in [0.15, 0.2) is 11.5 Å². The molecule has 2 atom stereocenters. The summed E-state index contributed by atoms with van der Waals surface area (Å²) in [7, 11) is 0. The first-order chi connectivity index (χ1) is 18.2. The van der Waals surface area contributed by atoms with Gasteiger partial charge in [0.1, 0.15) is 12.1 Å². The maximum atomic E-state index is 12.2. The van der Waals surface area contributed by atoms with E-state index in [2.05, 4.69) is 5.32 Å². The van der Waals surface area contributed by atoms with Crippen LogP contribution in [0.1, 0.15) is 49.5 Å². The molecule has 11 heteroatoms. The second-order valence-corrected chi connectivity index (χ2v) is 8.27. The minimum absolute atomic E-state index is 0.0182. The predicted octanol–water partition coefficient (Wildman–Crippen LogP) is 4.37. The zero-order valence-electron chi connectivity index (χ0n) is 21.6. The lowest BCUT2D eigenvalue weighted by Gasteiger charge is -2.19. The second kappa shape index (κ2) is 15.9. The van der Waals surface area contributed by atoms with Gasteiger partial charge in [-0.1, -0.05) is 38.1 Å². The SMILES string of the molecule is CCCOC(=O)Oc1ccc(C[C@H](NCC(C)OC(=O)c2ccccc2)C(=O)O)cc1OC(=O)OCCC. The van der Waals surface area contributed by atoms with E-state index >= 15 is 0 Å². The summed E-state index contributed by atoms with van der Waals surface area (Å²) in [6.45, 7) is 5.63. The maximum absolute atomic E-state index is 12.2. The van der Waals surface area contributed by atoms with Crippen molar-refractivity contribution in [3.63, 3.8) is 0 Å². The van der Waals surface area contributed by atoms with Crippen molar-refractivity contribution in [2.75, 3.05) is 19.8 Å². The molecule has 2 aromatic rings. The summed E-state index contributed by atoms with van der Waals surface area (Å²) in [4.78, 5) is 48.0. The Morgan fingerprint density at radius 2 is 1.47 bits per heavy atom. The van der Waals surface area contributed by atoms with Gasteiger partial charge in [-0.25, -0.2) is 14.4 Å². The molecule has 0 aliphatic rings. The molecule has 1 unspecified atom stereocenters. The summed E-state index contributed by atoms with van der Waals surface area (Å²) in [5.74, 6) is -1.88. The molecule has 0 spiro atoms. The summed E-state index contributed by atoms with van der Waals surface area (Å²) in [6.07, 6.45) is -1.44. The number of esters is 1. The quantitative estimate of drug-likeness (QED) is 0.203. The van der Waals surface area contributed by atoms with Crippen molar-refractivity contribution in [3.8, 4) is 11.5 Å². The van der Waals surface area contributed by atoms with E-state index in [1.165, 1.54) is 18.2 Å². The molecule has 0 radical (unpaired) electrons. The van der Waals surface area contributed by atoms with Crippen LogP contribution in [-0.2, 0) is 25.4 Å². The third kappa shape index (κ3) is 10.5. The molecule has 2 N–H and O–H groups in total. The van der Waals surface area contributed by atoms with Gasteiger partial charge in [-0.3, -0.25) is 4.79 Å². The van der Waals surface area contributed by atoms with E-state index in [1.807, 2.05) is 13.8 Å². The van der Waals surface area contributed by atoms with E-state index in [9.17, 15) is 24.3 Å². The van der Waals surface area contributed by atoms with Gasteiger partial charge >= 0.3 is 24.2 Å². The van der Waals surface area contributed by atoms with Crippen molar-refractivity contribution in [2.45, 2.75) is 52.2 Å². The lowest BCUT2D eigenvalue weighted by atomic mass is 10.0. The van der Waals surface area contributed by atoms with Gasteiger partial charge in [0.05, 0.1) is 18.8 Å². The Hall–Kier alpha value is -4.12. The molecule has 0 aromatic heterocycles. The fraction of sp³-hybridized carbons (Fsp3) is 0.407.